The molecule has 0 bridgehead atoms. The molecule has 1 atom stereocenters. The van der Waals surface area contributed by atoms with Gasteiger partial charge >= 0.3 is 0 Å². The van der Waals surface area contributed by atoms with Crippen molar-refractivity contribution in [3.8, 4) is 0 Å². The van der Waals surface area contributed by atoms with E-state index in [-0.39, 0.29) is 0 Å². The van der Waals surface area contributed by atoms with Crippen molar-refractivity contribution in [1.29, 1.82) is 0 Å². The summed E-state index contributed by atoms with van der Waals surface area (Å²) >= 11 is 0. The van der Waals surface area contributed by atoms with E-state index in [1.807, 2.05) is 6.33 Å². The standard InChI is InChI=1S/C11H21N5/c1-15(2)7-4-8-16-9-13-14-11(16)10-5-3-6-12-10/h9-10,12H,3-8H2,1-2H3. The van der Waals surface area contributed by atoms with E-state index in [0.717, 1.165) is 31.9 Å². The first-order valence-corrected chi connectivity index (χ1v) is 6.03. The van der Waals surface area contributed by atoms with E-state index in [9.17, 15) is 0 Å². The first-order chi connectivity index (χ1) is 7.77. The lowest BCUT2D eigenvalue weighted by Gasteiger charge is -2.13. The lowest BCUT2D eigenvalue weighted by molar-refractivity contribution is 0.382. The minimum absolute atomic E-state index is 0.418. The van der Waals surface area contributed by atoms with E-state index in [4.69, 9.17) is 0 Å². The van der Waals surface area contributed by atoms with Gasteiger partial charge in [-0.1, -0.05) is 0 Å². The smallest absolute Gasteiger partial charge is 0.149 e. The van der Waals surface area contributed by atoms with Crippen molar-refractivity contribution < 1.29 is 0 Å². The molecule has 1 aliphatic heterocycles. The summed E-state index contributed by atoms with van der Waals surface area (Å²) in [5.41, 5.74) is 0. The van der Waals surface area contributed by atoms with Crippen LogP contribution in [0.2, 0.25) is 0 Å². The molecule has 1 unspecified atom stereocenters. The van der Waals surface area contributed by atoms with E-state index in [1.165, 1.54) is 12.8 Å². The van der Waals surface area contributed by atoms with Gasteiger partial charge in [-0.25, -0.2) is 0 Å². The Morgan fingerprint density at radius 3 is 3.12 bits per heavy atom. The average molecular weight is 223 g/mol. The topological polar surface area (TPSA) is 46.0 Å². The zero-order valence-corrected chi connectivity index (χ0v) is 10.2. The molecule has 5 heteroatoms. The maximum absolute atomic E-state index is 4.23. The van der Waals surface area contributed by atoms with Crippen molar-refractivity contribution in [2.75, 3.05) is 27.2 Å². The van der Waals surface area contributed by atoms with E-state index < -0.39 is 0 Å². The van der Waals surface area contributed by atoms with Gasteiger partial charge in [-0.05, 0) is 46.4 Å². The Hall–Kier alpha value is -0.940. The maximum atomic E-state index is 4.23. The molecule has 0 spiro atoms. The molecule has 1 aliphatic rings. The molecule has 1 saturated heterocycles. The van der Waals surface area contributed by atoms with Crippen molar-refractivity contribution in [2.24, 2.45) is 0 Å². The third-order valence-corrected chi connectivity index (χ3v) is 3.02. The second kappa shape index (κ2) is 5.41. The van der Waals surface area contributed by atoms with Crippen LogP contribution in [0.25, 0.3) is 0 Å². The zero-order valence-electron chi connectivity index (χ0n) is 10.2. The fourth-order valence-electron chi connectivity index (χ4n) is 2.17. The minimum Gasteiger partial charge on any atom is -0.316 e. The van der Waals surface area contributed by atoms with Gasteiger partial charge < -0.3 is 14.8 Å². The molecule has 1 aromatic rings. The van der Waals surface area contributed by atoms with Crippen LogP contribution in [-0.2, 0) is 6.54 Å². The molecular weight excluding hydrogens is 202 g/mol. The fraction of sp³-hybridized carbons (Fsp3) is 0.818. The molecule has 1 N–H and O–H groups in total. The van der Waals surface area contributed by atoms with Crippen LogP contribution in [0.4, 0.5) is 0 Å². The van der Waals surface area contributed by atoms with E-state index >= 15 is 0 Å². The second-order valence-corrected chi connectivity index (χ2v) is 4.69. The number of rotatable bonds is 5. The molecular formula is C11H21N5. The Balaban J connectivity index is 1.91. The van der Waals surface area contributed by atoms with Gasteiger partial charge in [0.15, 0.2) is 0 Å². The number of hydrogen-bond acceptors (Lipinski definition) is 4. The zero-order chi connectivity index (χ0) is 11.4. The molecule has 0 aliphatic carbocycles. The van der Waals surface area contributed by atoms with Crippen molar-refractivity contribution in [3.63, 3.8) is 0 Å². The van der Waals surface area contributed by atoms with E-state index in [2.05, 4.69) is 39.1 Å². The summed E-state index contributed by atoms with van der Waals surface area (Å²) in [7, 11) is 4.21. The molecule has 1 aromatic heterocycles. The molecule has 2 heterocycles. The monoisotopic (exact) mass is 223 g/mol. The summed E-state index contributed by atoms with van der Waals surface area (Å²) in [5.74, 6) is 1.11. The van der Waals surface area contributed by atoms with Crippen LogP contribution in [0.3, 0.4) is 0 Å². The van der Waals surface area contributed by atoms with Gasteiger partial charge in [0.1, 0.15) is 12.2 Å². The molecule has 0 radical (unpaired) electrons. The quantitative estimate of drug-likeness (QED) is 0.796. The van der Waals surface area contributed by atoms with Gasteiger partial charge in [-0.2, -0.15) is 0 Å². The maximum Gasteiger partial charge on any atom is 0.149 e. The molecule has 0 amide bonds. The normalized spacial score (nSPS) is 20.8. The van der Waals surface area contributed by atoms with Gasteiger partial charge in [0.2, 0.25) is 0 Å². The van der Waals surface area contributed by atoms with Crippen LogP contribution in [0.15, 0.2) is 6.33 Å². The Morgan fingerprint density at radius 2 is 2.44 bits per heavy atom. The summed E-state index contributed by atoms with van der Waals surface area (Å²) in [6, 6.07) is 0.418. The third kappa shape index (κ3) is 2.80. The fourth-order valence-corrected chi connectivity index (χ4v) is 2.17. The van der Waals surface area contributed by atoms with Gasteiger partial charge in [-0.15, -0.1) is 10.2 Å². The first kappa shape index (κ1) is 11.5. The van der Waals surface area contributed by atoms with Crippen LogP contribution in [0.5, 0.6) is 0 Å². The summed E-state index contributed by atoms with van der Waals surface area (Å²) < 4.78 is 2.19. The highest BCUT2D eigenvalue weighted by molar-refractivity contribution is 4.97. The van der Waals surface area contributed by atoms with E-state index in [0.29, 0.717) is 6.04 Å². The molecule has 2 rings (SSSR count). The lowest BCUT2D eigenvalue weighted by atomic mass is 10.2. The van der Waals surface area contributed by atoms with Crippen molar-refractivity contribution in [1.82, 2.24) is 25.0 Å². The van der Waals surface area contributed by atoms with Crippen molar-refractivity contribution in [3.05, 3.63) is 12.2 Å². The molecule has 90 valence electrons. The Morgan fingerprint density at radius 1 is 1.56 bits per heavy atom. The van der Waals surface area contributed by atoms with Gasteiger partial charge in [0, 0.05) is 6.54 Å². The van der Waals surface area contributed by atoms with Crippen LogP contribution >= 0.6 is 0 Å². The summed E-state index contributed by atoms with van der Waals surface area (Å²) in [5, 5.41) is 11.7. The summed E-state index contributed by atoms with van der Waals surface area (Å²) in [6.45, 7) is 3.23. The van der Waals surface area contributed by atoms with Crippen molar-refractivity contribution in [2.45, 2.75) is 31.8 Å². The van der Waals surface area contributed by atoms with Gasteiger partial charge in [0.05, 0.1) is 6.04 Å². The van der Waals surface area contributed by atoms with E-state index in [1.54, 1.807) is 0 Å². The predicted octanol–water partition coefficient (Wildman–Crippen LogP) is 0.654. The molecule has 16 heavy (non-hydrogen) atoms. The minimum atomic E-state index is 0.418. The Labute approximate surface area is 96.8 Å². The summed E-state index contributed by atoms with van der Waals surface area (Å²) in [6.07, 6.45) is 5.43. The van der Waals surface area contributed by atoms with Crippen LogP contribution < -0.4 is 5.32 Å². The highest BCUT2D eigenvalue weighted by atomic mass is 15.3. The molecule has 1 fully saturated rings. The number of aromatic nitrogens is 3. The Kier molecular flexibility index (Phi) is 3.90. The number of nitrogens with one attached hydrogen (secondary N) is 1. The number of hydrogen-bond donors (Lipinski definition) is 1. The SMILES string of the molecule is CN(C)CCCn1cnnc1C1CCCN1. The molecule has 0 aromatic carbocycles. The number of aryl methyl sites for hydroxylation is 1. The van der Waals surface area contributed by atoms with Crippen LogP contribution in [0, 0.1) is 0 Å². The molecule has 5 nitrogen and oxygen atoms in total. The van der Waals surface area contributed by atoms with Crippen LogP contribution in [0.1, 0.15) is 31.1 Å². The second-order valence-electron chi connectivity index (χ2n) is 4.69. The molecule has 0 saturated carbocycles. The third-order valence-electron chi connectivity index (χ3n) is 3.02. The number of nitrogens with zero attached hydrogens (tertiary/aromatic N) is 4. The predicted molar refractivity (Wildman–Crippen MR) is 63.2 cm³/mol. The summed E-state index contributed by atoms with van der Waals surface area (Å²) in [4.78, 5) is 2.21. The first-order valence-electron chi connectivity index (χ1n) is 6.03. The van der Waals surface area contributed by atoms with Crippen LogP contribution in [-0.4, -0.2) is 46.8 Å². The largest absolute Gasteiger partial charge is 0.316 e. The van der Waals surface area contributed by atoms with Gasteiger partial charge in [0.25, 0.3) is 0 Å². The highest BCUT2D eigenvalue weighted by Crippen LogP contribution is 2.20. The lowest BCUT2D eigenvalue weighted by Crippen LogP contribution is -2.20. The van der Waals surface area contributed by atoms with Crippen molar-refractivity contribution >= 4 is 0 Å². The van der Waals surface area contributed by atoms with Gasteiger partial charge in [-0.3, -0.25) is 0 Å². The average Bonchev–Trinajstić information content (AvgIpc) is 2.84. The highest BCUT2D eigenvalue weighted by Gasteiger charge is 2.21. The Bertz CT molecular complexity index is 314.